The molecule has 2 aromatic heterocycles. The van der Waals surface area contributed by atoms with Crippen LogP contribution in [0, 0.1) is 24.7 Å². The van der Waals surface area contributed by atoms with E-state index in [1.54, 1.807) is 18.2 Å². The van der Waals surface area contributed by atoms with Gasteiger partial charge in [0.05, 0.1) is 18.4 Å². The molecule has 2 N–H and O–H groups in total. The molecule has 17 heteroatoms. The predicted octanol–water partition coefficient (Wildman–Crippen LogP) is 6.33. The molecule has 1 amide bonds. The Bertz CT molecular complexity index is 2060. The van der Waals surface area contributed by atoms with Crippen LogP contribution in [0.25, 0.3) is 0 Å². The van der Waals surface area contributed by atoms with Gasteiger partial charge in [-0.2, -0.15) is 4.98 Å². The molecule has 5 atom stereocenters. The normalized spacial score (nSPS) is 26.7. The zero-order chi connectivity index (χ0) is 42.2. The van der Waals surface area contributed by atoms with Gasteiger partial charge in [0, 0.05) is 76.3 Å². The predicted molar refractivity (Wildman–Crippen MR) is 243 cm³/mol. The van der Waals surface area contributed by atoms with Crippen LogP contribution < -0.4 is 19.7 Å². The van der Waals surface area contributed by atoms with Gasteiger partial charge in [0.25, 0.3) is 5.91 Å². The number of fused-ring (bicyclic) bond motifs is 4. The SMILES string of the molecule is C.CI.COCC[C@@H]1[C@@H](C)C/C=C/C(=O)[C@@H]2CC[C@H]2CN2C[C@@]3(CCCc4cc(Cl)ccc43)COc3ccc(nc32)C(=O)NS1(=O)=O.Cc1nc(CN2CCNCC2)no1. The van der Waals surface area contributed by atoms with Gasteiger partial charge in [-0.25, -0.2) is 18.1 Å². The van der Waals surface area contributed by atoms with Gasteiger partial charge in [0.15, 0.2) is 23.2 Å². The summed E-state index contributed by atoms with van der Waals surface area (Å²) >= 11 is 8.53. The van der Waals surface area contributed by atoms with E-state index >= 15 is 0 Å². The number of carbonyl (C=O) groups excluding carboxylic acids is 2. The molecule has 2 fully saturated rings. The van der Waals surface area contributed by atoms with E-state index in [1.165, 1.54) is 24.3 Å². The quantitative estimate of drug-likeness (QED) is 0.215. The van der Waals surface area contributed by atoms with Crippen molar-refractivity contribution in [1.82, 2.24) is 30.1 Å². The molecule has 3 aliphatic heterocycles. The maximum atomic E-state index is 13.5. The Kier molecular flexibility index (Phi) is 17.4. The molecule has 2 aliphatic carbocycles. The van der Waals surface area contributed by atoms with Gasteiger partial charge in [0.1, 0.15) is 5.69 Å². The molecule has 1 saturated heterocycles. The standard InChI is InChI=1S/C33H40ClN3O6S.C8H14N4O.CH3I.CH4/c1-21-5-3-7-28(38)25-10-8-23(25)18-37-19-33(15-4-6-22-17-24(34)9-11-26(22)33)20-43-29-13-12-27(35-31(29)37)32(39)36-44(40,41)30(21)14-16-42-2;1-7-10-8(11-13-7)6-12-4-2-9-3-5-12;1-2;/h3,7,9,11-13,17,21,23,25,30H,4-6,8,10,14-16,18-20H2,1-2H3,(H,36,39);9H,2-6H2,1H3;1H3;1H4/b7-3+;;;/t21-,23-,25+,30+,33-;;;/m0.../s1. The van der Waals surface area contributed by atoms with E-state index in [1.807, 2.05) is 30.9 Å². The minimum absolute atomic E-state index is 0. The average Bonchev–Trinajstić information content (AvgIpc) is 3.55. The summed E-state index contributed by atoms with van der Waals surface area (Å²) in [6.45, 7) is 10.5. The average molecular weight is 982 g/mol. The molecule has 5 aliphatic rings. The summed E-state index contributed by atoms with van der Waals surface area (Å²) < 4.78 is 45.9. The first kappa shape index (κ1) is 47.9. The Morgan fingerprint density at radius 1 is 1.10 bits per heavy atom. The van der Waals surface area contributed by atoms with Crippen LogP contribution in [0.5, 0.6) is 5.75 Å². The first-order valence-electron chi connectivity index (χ1n) is 20.5. The summed E-state index contributed by atoms with van der Waals surface area (Å²) in [5.41, 5.74) is 2.08. The molecule has 1 saturated carbocycles. The van der Waals surface area contributed by atoms with Crippen molar-refractivity contribution < 1.29 is 32.0 Å². The van der Waals surface area contributed by atoms with Crippen LogP contribution in [-0.4, -0.2) is 110 Å². The minimum atomic E-state index is -4.09. The number of carbonyl (C=O) groups is 2. The Balaban J connectivity index is 0.000000360. The van der Waals surface area contributed by atoms with Gasteiger partial charge in [-0.3, -0.25) is 14.5 Å². The fourth-order valence-corrected chi connectivity index (χ4v) is 10.8. The van der Waals surface area contributed by atoms with Crippen LogP contribution in [-0.2, 0) is 37.9 Å². The first-order chi connectivity index (χ1) is 28.4. The number of amides is 1. The second kappa shape index (κ2) is 21.8. The van der Waals surface area contributed by atoms with Crippen molar-refractivity contribution in [3.05, 3.63) is 76.0 Å². The summed E-state index contributed by atoms with van der Waals surface area (Å²) in [7, 11) is -2.58. The molecule has 5 heterocycles. The lowest BCUT2D eigenvalue weighted by atomic mass is 9.69. The summed E-state index contributed by atoms with van der Waals surface area (Å²) in [4.78, 5) is 42.2. The number of ketones is 1. The second-order valence-corrected chi connectivity index (χ2v) is 18.5. The Morgan fingerprint density at radius 3 is 2.58 bits per heavy atom. The molecular formula is C43H61ClIN7O7S. The van der Waals surface area contributed by atoms with Crippen LogP contribution in [0.15, 0.2) is 47.0 Å². The fourth-order valence-electron chi connectivity index (χ4n) is 8.94. The van der Waals surface area contributed by atoms with Gasteiger partial charge >= 0.3 is 0 Å². The van der Waals surface area contributed by atoms with Gasteiger partial charge < -0.3 is 24.2 Å². The third-order valence-electron chi connectivity index (χ3n) is 12.2. The number of piperazine rings is 1. The number of aromatic nitrogens is 3. The molecule has 2 bridgehead atoms. The van der Waals surface area contributed by atoms with E-state index in [0.29, 0.717) is 48.6 Å². The molecule has 60 heavy (non-hydrogen) atoms. The van der Waals surface area contributed by atoms with Gasteiger partial charge in [0.2, 0.25) is 15.9 Å². The van der Waals surface area contributed by atoms with Crippen molar-refractivity contribution in [1.29, 1.82) is 0 Å². The number of allylic oxidation sites excluding steroid dienone is 2. The van der Waals surface area contributed by atoms with Crippen molar-refractivity contribution in [2.75, 3.05) is 69.4 Å². The number of hydrogen-bond donors (Lipinski definition) is 2. The minimum Gasteiger partial charge on any atom is -0.489 e. The summed E-state index contributed by atoms with van der Waals surface area (Å²) in [5, 5.41) is 6.98. The van der Waals surface area contributed by atoms with E-state index in [4.69, 9.17) is 30.6 Å². The highest BCUT2D eigenvalue weighted by atomic mass is 127. The molecule has 1 spiro atoms. The monoisotopic (exact) mass is 981 g/mol. The van der Waals surface area contributed by atoms with E-state index in [2.05, 4.69) is 58.6 Å². The van der Waals surface area contributed by atoms with Crippen molar-refractivity contribution in [2.24, 2.45) is 17.8 Å². The number of benzene rings is 1. The highest BCUT2D eigenvalue weighted by Crippen LogP contribution is 2.45. The number of ether oxygens (including phenoxy) is 2. The molecule has 0 radical (unpaired) electrons. The summed E-state index contributed by atoms with van der Waals surface area (Å²) in [6.07, 6.45) is 8.57. The number of rotatable bonds is 5. The number of alkyl halides is 1. The summed E-state index contributed by atoms with van der Waals surface area (Å²) in [5.74, 6) is 1.43. The Morgan fingerprint density at radius 2 is 1.88 bits per heavy atom. The smallest absolute Gasteiger partial charge is 0.283 e. The Labute approximate surface area is 374 Å². The highest BCUT2D eigenvalue weighted by molar-refractivity contribution is 14.1. The van der Waals surface area contributed by atoms with Crippen LogP contribution >= 0.6 is 34.2 Å². The number of anilines is 1. The van der Waals surface area contributed by atoms with E-state index < -0.39 is 21.2 Å². The third-order valence-corrected chi connectivity index (χ3v) is 14.4. The van der Waals surface area contributed by atoms with Gasteiger partial charge in [-0.05, 0) is 103 Å². The van der Waals surface area contributed by atoms with Crippen LogP contribution in [0.4, 0.5) is 5.82 Å². The van der Waals surface area contributed by atoms with Gasteiger partial charge in [-0.1, -0.05) is 65.8 Å². The number of sulfonamides is 1. The molecule has 1 aromatic carbocycles. The van der Waals surface area contributed by atoms with Crippen molar-refractivity contribution in [2.45, 2.75) is 83.4 Å². The maximum absolute atomic E-state index is 13.5. The number of methoxy groups -OCH3 is 1. The lowest BCUT2D eigenvalue weighted by molar-refractivity contribution is -0.122. The van der Waals surface area contributed by atoms with Crippen molar-refractivity contribution in [3.8, 4) is 5.75 Å². The van der Waals surface area contributed by atoms with E-state index in [9.17, 15) is 18.0 Å². The fraction of sp³-hybridized carbons (Fsp3) is 0.605. The number of nitrogens with one attached hydrogen (secondary N) is 2. The van der Waals surface area contributed by atoms with Crippen LogP contribution in [0.2, 0.25) is 5.02 Å². The number of hydrogen-bond acceptors (Lipinski definition) is 13. The summed E-state index contributed by atoms with van der Waals surface area (Å²) in [6, 6.07) is 9.30. The van der Waals surface area contributed by atoms with Crippen molar-refractivity contribution in [3.63, 3.8) is 0 Å². The third kappa shape index (κ3) is 11.4. The number of aryl methyl sites for hydroxylation is 2. The molecule has 14 nitrogen and oxygen atoms in total. The molecular weight excluding hydrogens is 921 g/mol. The number of pyridine rings is 1. The van der Waals surface area contributed by atoms with E-state index in [0.717, 1.165) is 70.7 Å². The van der Waals surface area contributed by atoms with E-state index in [-0.39, 0.29) is 55.1 Å². The topological polar surface area (TPSA) is 169 Å². The Hall–Kier alpha value is -3.16. The largest absolute Gasteiger partial charge is 0.489 e. The second-order valence-electron chi connectivity index (χ2n) is 16.1. The zero-order valence-electron chi connectivity index (χ0n) is 34.4. The lowest BCUT2D eigenvalue weighted by Gasteiger charge is -2.43. The zero-order valence-corrected chi connectivity index (χ0v) is 38.2. The molecule has 330 valence electrons. The van der Waals surface area contributed by atoms with Gasteiger partial charge in [-0.15, -0.1) is 0 Å². The lowest BCUT2D eigenvalue weighted by Crippen LogP contribution is -2.49. The van der Waals surface area contributed by atoms with Crippen molar-refractivity contribution >= 4 is 61.7 Å². The number of halogens is 2. The highest BCUT2D eigenvalue weighted by Gasteiger charge is 2.45. The van der Waals surface area contributed by atoms with Crippen LogP contribution in [0.1, 0.15) is 86.2 Å². The molecule has 8 rings (SSSR count). The molecule has 3 aromatic rings. The van der Waals surface area contributed by atoms with Crippen LogP contribution in [0.3, 0.4) is 0 Å². The molecule has 0 unspecified atom stereocenters. The maximum Gasteiger partial charge on any atom is 0.283 e. The number of nitrogens with zero attached hydrogens (tertiary/aromatic N) is 5. The first-order valence-corrected chi connectivity index (χ1v) is 24.6.